The van der Waals surface area contributed by atoms with Crippen LogP contribution < -0.4 is 10.6 Å². The van der Waals surface area contributed by atoms with E-state index in [1.807, 2.05) is 50.2 Å². The zero-order valence-corrected chi connectivity index (χ0v) is 14.6. The van der Waals surface area contributed by atoms with Gasteiger partial charge in [-0.15, -0.1) is 10.2 Å². The van der Waals surface area contributed by atoms with E-state index < -0.39 is 0 Å². The van der Waals surface area contributed by atoms with Gasteiger partial charge in [-0.3, -0.25) is 0 Å². The van der Waals surface area contributed by atoms with Crippen LogP contribution in [0.4, 0.5) is 0 Å². The summed E-state index contributed by atoms with van der Waals surface area (Å²) in [5.74, 6) is 8.38. The van der Waals surface area contributed by atoms with Gasteiger partial charge in [-0.2, -0.15) is 0 Å². The van der Waals surface area contributed by atoms with Gasteiger partial charge in [0.2, 0.25) is 5.16 Å². The number of benzene rings is 2. The molecule has 0 saturated carbocycles. The fourth-order valence-electron chi connectivity index (χ4n) is 2.39. The van der Waals surface area contributed by atoms with Gasteiger partial charge in [-0.1, -0.05) is 60.3 Å². The van der Waals surface area contributed by atoms with Crippen molar-refractivity contribution in [2.45, 2.75) is 31.4 Å². The number of nitrogen functional groups attached to an aromatic ring is 1. The van der Waals surface area contributed by atoms with Crippen LogP contribution in [0, 0.1) is 13.8 Å². The Labute approximate surface area is 145 Å². The second kappa shape index (κ2) is 7.40. The summed E-state index contributed by atoms with van der Waals surface area (Å²) in [6.45, 7) is 4.34. The summed E-state index contributed by atoms with van der Waals surface area (Å²) in [6, 6.07) is 16.3. The quantitative estimate of drug-likeness (QED) is 0.550. The lowest BCUT2D eigenvalue weighted by Gasteiger charge is -2.11. The first kappa shape index (κ1) is 16.4. The number of aryl methyl sites for hydroxylation is 2. The van der Waals surface area contributed by atoms with Gasteiger partial charge < -0.3 is 10.6 Å². The van der Waals surface area contributed by atoms with Crippen molar-refractivity contribution < 1.29 is 4.74 Å². The lowest BCUT2D eigenvalue weighted by atomic mass is 10.1. The van der Waals surface area contributed by atoms with Crippen LogP contribution in [0.25, 0.3) is 0 Å². The summed E-state index contributed by atoms with van der Waals surface area (Å²) >= 11 is 1.56. The number of rotatable bonds is 6. The Balaban J connectivity index is 1.64. The van der Waals surface area contributed by atoms with E-state index in [-0.39, 0.29) is 0 Å². The molecule has 3 rings (SSSR count). The maximum Gasteiger partial charge on any atom is 0.210 e. The van der Waals surface area contributed by atoms with Gasteiger partial charge >= 0.3 is 0 Å². The maximum absolute atomic E-state index is 6.10. The highest BCUT2D eigenvalue weighted by Crippen LogP contribution is 2.24. The van der Waals surface area contributed by atoms with Crippen molar-refractivity contribution in [1.82, 2.24) is 14.9 Å². The molecular formula is C18H20N4OS. The molecule has 0 bridgehead atoms. The van der Waals surface area contributed by atoms with Crippen molar-refractivity contribution in [3.05, 3.63) is 71.0 Å². The molecule has 5 nitrogen and oxygen atoms in total. The second-order valence-corrected chi connectivity index (χ2v) is 6.50. The standard InChI is InChI=1S/C18H20N4OS/c1-13-7-6-8-14(2)17(13)23-11-16-20-21-18(22(16)19)24-12-15-9-4-3-5-10-15/h3-10H,11-12,19H2,1-2H3. The number of nitrogens with two attached hydrogens (primary N) is 1. The summed E-state index contributed by atoms with van der Waals surface area (Å²) in [5.41, 5.74) is 3.41. The highest BCUT2D eigenvalue weighted by atomic mass is 32.2. The monoisotopic (exact) mass is 340 g/mol. The molecule has 0 radical (unpaired) electrons. The smallest absolute Gasteiger partial charge is 0.210 e. The third kappa shape index (κ3) is 3.71. The van der Waals surface area contributed by atoms with Gasteiger partial charge in [-0.25, -0.2) is 4.68 Å². The molecule has 3 aromatic rings. The molecule has 2 N–H and O–H groups in total. The van der Waals surface area contributed by atoms with Crippen LogP contribution in [-0.2, 0) is 12.4 Å². The number of hydrogen-bond acceptors (Lipinski definition) is 5. The molecule has 6 heteroatoms. The van der Waals surface area contributed by atoms with Crippen LogP contribution in [-0.4, -0.2) is 14.9 Å². The van der Waals surface area contributed by atoms with E-state index in [2.05, 4.69) is 22.3 Å². The Kier molecular flexibility index (Phi) is 5.05. The second-order valence-electron chi connectivity index (χ2n) is 5.55. The molecule has 0 spiro atoms. The molecule has 1 heterocycles. The number of ether oxygens (including phenoxy) is 1. The maximum atomic E-state index is 6.10. The highest BCUT2D eigenvalue weighted by molar-refractivity contribution is 7.98. The number of aromatic nitrogens is 3. The Morgan fingerprint density at radius 3 is 2.42 bits per heavy atom. The van der Waals surface area contributed by atoms with E-state index in [0.717, 1.165) is 22.6 Å². The Morgan fingerprint density at radius 2 is 1.71 bits per heavy atom. The summed E-state index contributed by atoms with van der Waals surface area (Å²) < 4.78 is 7.40. The fourth-order valence-corrected chi connectivity index (χ4v) is 3.22. The first-order chi connectivity index (χ1) is 11.6. The van der Waals surface area contributed by atoms with Gasteiger partial charge in [-0.05, 0) is 30.5 Å². The van der Waals surface area contributed by atoms with Crippen LogP contribution in [0.2, 0.25) is 0 Å². The Morgan fingerprint density at radius 1 is 1.00 bits per heavy atom. The van der Waals surface area contributed by atoms with E-state index >= 15 is 0 Å². The predicted octanol–water partition coefficient (Wildman–Crippen LogP) is 3.48. The summed E-state index contributed by atoms with van der Waals surface area (Å²) in [4.78, 5) is 0. The summed E-state index contributed by atoms with van der Waals surface area (Å²) in [6.07, 6.45) is 0. The Bertz CT molecular complexity index is 797. The van der Waals surface area contributed by atoms with Crippen LogP contribution in [0.5, 0.6) is 5.75 Å². The molecule has 0 atom stereocenters. The van der Waals surface area contributed by atoms with E-state index in [4.69, 9.17) is 10.6 Å². The van der Waals surface area contributed by atoms with Crippen molar-refractivity contribution in [2.24, 2.45) is 0 Å². The van der Waals surface area contributed by atoms with E-state index in [0.29, 0.717) is 17.6 Å². The molecule has 0 amide bonds. The first-order valence-corrected chi connectivity index (χ1v) is 8.69. The first-order valence-electron chi connectivity index (χ1n) is 7.70. The largest absolute Gasteiger partial charge is 0.485 e. The van der Waals surface area contributed by atoms with Gasteiger partial charge in [0.15, 0.2) is 5.82 Å². The lowest BCUT2D eigenvalue weighted by Crippen LogP contribution is -2.16. The zero-order chi connectivity index (χ0) is 16.9. The van der Waals surface area contributed by atoms with Crippen LogP contribution >= 0.6 is 11.8 Å². The molecule has 2 aromatic carbocycles. The minimum Gasteiger partial charge on any atom is -0.485 e. The lowest BCUT2D eigenvalue weighted by molar-refractivity contribution is 0.288. The number of thioether (sulfide) groups is 1. The molecular weight excluding hydrogens is 320 g/mol. The zero-order valence-electron chi connectivity index (χ0n) is 13.8. The third-order valence-corrected chi connectivity index (χ3v) is 4.71. The van der Waals surface area contributed by atoms with Gasteiger partial charge in [0.1, 0.15) is 12.4 Å². The average Bonchev–Trinajstić information content (AvgIpc) is 2.94. The minimum atomic E-state index is 0.293. The topological polar surface area (TPSA) is 66.0 Å². The number of hydrogen-bond donors (Lipinski definition) is 1. The molecule has 0 aliphatic rings. The third-order valence-electron chi connectivity index (χ3n) is 3.70. The van der Waals surface area contributed by atoms with Crippen molar-refractivity contribution in [3.8, 4) is 5.75 Å². The normalized spacial score (nSPS) is 10.8. The van der Waals surface area contributed by atoms with E-state index in [9.17, 15) is 0 Å². The van der Waals surface area contributed by atoms with E-state index in [1.54, 1.807) is 11.8 Å². The Hall–Kier alpha value is -2.47. The average molecular weight is 340 g/mol. The van der Waals surface area contributed by atoms with Gasteiger partial charge in [0, 0.05) is 5.75 Å². The van der Waals surface area contributed by atoms with Gasteiger partial charge in [0.05, 0.1) is 0 Å². The number of nitrogens with zero attached hydrogens (tertiary/aromatic N) is 3. The molecule has 0 fully saturated rings. The predicted molar refractivity (Wildman–Crippen MR) is 96.4 cm³/mol. The van der Waals surface area contributed by atoms with Crippen molar-refractivity contribution in [2.75, 3.05) is 5.84 Å². The number of para-hydroxylation sites is 1. The molecule has 24 heavy (non-hydrogen) atoms. The van der Waals surface area contributed by atoms with Gasteiger partial charge in [0.25, 0.3) is 0 Å². The van der Waals surface area contributed by atoms with E-state index in [1.165, 1.54) is 10.2 Å². The molecule has 0 aliphatic heterocycles. The van der Waals surface area contributed by atoms with Crippen LogP contribution in [0.1, 0.15) is 22.5 Å². The summed E-state index contributed by atoms with van der Waals surface area (Å²) in [5, 5.41) is 8.98. The highest BCUT2D eigenvalue weighted by Gasteiger charge is 2.12. The molecule has 0 aliphatic carbocycles. The van der Waals surface area contributed by atoms with Crippen molar-refractivity contribution >= 4 is 11.8 Å². The molecule has 0 saturated heterocycles. The molecule has 1 aromatic heterocycles. The fraction of sp³-hybridized carbons (Fsp3) is 0.222. The molecule has 124 valence electrons. The summed E-state index contributed by atoms with van der Waals surface area (Å²) in [7, 11) is 0. The molecule has 0 unspecified atom stereocenters. The van der Waals surface area contributed by atoms with Crippen LogP contribution in [0.15, 0.2) is 53.7 Å². The van der Waals surface area contributed by atoms with Crippen molar-refractivity contribution in [3.63, 3.8) is 0 Å². The van der Waals surface area contributed by atoms with Crippen molar-refractivity contribution in [1.29, 1.82) is 0 Å². The van der Waals surface area contributed by atoms with Crippen LogP contribution in [0.3, 0.4) is 0 Å². The SMILES string of the molecule is Cc1cccc(C)c1OCc1nnc(SCc2ccccc2)n1N. The minimum absolute atomic E-state index is 0.293.